The molecular weight excluding hydrogens is 467 g/mol. The molecule has 2 aromatic rings. The van der Waals surface area contributed by atoms with E-state index in [0.717, 1.165) is 62.4 Å². The van der Waals surface area contributed by atoms with Gasteiger partial charge in [0.1, 0.15) is 0 Å². The van der Waals surface area contributed by atoms with Crippen LogP contribution < -0.4 is 0 Å². The minimum absolute atomic E-state index is 0. The summed E-state index contributed by atoms with van der Waals surface area (Å²) < 4.78 is 0. The van der Waals surface area contributed by atoms with Crippen molar-refractivity contribution >= 4 is 35.7 Å². The number of carbonyl (C=O) groups is 2. The van der Waals surface area contributed by atoms with Crippen molar-refractivity contribution in [3.05, 3.63) is 69.7 Å². The summed E-state index contributed by atoms with van der Waals surface area (Å²) in [6.45, 7) is 7.95. The average Bonchev–Trinajstić information content (AvgIpc) is 3.05. The molecule has 2 aliphatic rings. The van der Waals surface area contributed by atoms with E-state index in [1.165, 1.54) is 16.7 Å². The Morgan fingerprint density at radius 2 is 1.68 bits per heavy atom. The zero-order valence-corrected chi connectivity index (χ0v) is 21.8. The van der Waals surface area contributed by atoms with Gasteiger partial charge < -0.3 is 4.90 Å². The number of ketones is 1. The molecule has 184 valence electrons. The van der Waals surface area contributed by atoms with Crippen LogP contribution in [0.2, 0.25) is 5.02 Å². The standard InChI is InChI=1S/C28H35ClN2O2.ClH/c1-20(2)31-15-3-4-21-5-6-24(18-25(21)19-31)27(32)11-12-28(33)30-16-13-23(14-17-30)22-7-9-26(29)10-8-22;/h5-10,18,20,23H,3-4,11-17,19H2,1-2H3;1H. The molecule has 4 nitrogen and oxygen atoms in total. The van der Waals surface area contributed by atoms with Crippen LogP contribution in [0.25, 0.3) is 0 Å². The minimum atomic E-state index is 0. The molecule has 2 aromatic carbocycles. The second kappa shape index (κ2) is 12.2. The molecule has 1 fully saturated rings. The van der Waals surface area contributed by atoms with Crippen molar-refractivity contribution in [1.82, 2.24) is 9.80 Å². The van der Waals surface area contributed by atoms with Gasteiger partial charge in [0.15, 0.2) is 5.78 Å². The van der Waals surface area contributed by atoms with Crippen LogP contribution in [0, 0.1) is 0 Å². The normalized spacial score (nSPS) is 17.1. The Balaban J connectivity index is 0.00000324. The van der Waals surface area contributed by atoms with Crippen LogP contribution in [0.3, 0.4) is 0 Å². The van der Waals surface area contributed by atoms with E-state index in [1.807, 2.05) is 23.1 Å². The lowest BCUT2D eigenvalue weighted by Crippen LogP contribution is -2.38. The van der Waals surface area contributed by atoms with Gasteiger partial charge in [-0.1, -0.05) is 35.9 Å². The first-order valence-electron chi connectivity index (χ1n) is 12.3. The Hall–Kier alpha value is -1.88. The lowest BCUT2D eigenvalue weighted by molar-refractivity contribution is -0.132. The van der Waals surface area contributed by atoms with E-state index in [0.29, 0.717) is 18.4 Å². The van der Waals surface area contributed by atoms with Gasteiger partial charge in [-0.15, -0.1) is 12.4 Å². The Bertz CT molecular complexity index is 982. The fourth-order valence-electron chi connectivity index (χ4n) is 5.12. The number of aryl methyl sites for hydroxylation is 1. The highest BCUT2D eigenvalue weighted by Gasteiger charge is 2.24. The van der Waals surface area contributed by atoms with Crippen molar-refractivity contribution in [2.45, 2.75) is 70.9 Å². The van der Waals surface area contributed by atoms with Gasteiger partial charge in [-0.2, -0.15) is 0 Å². The number of carbonyl (C=O) groups excluding carboxylic acids is 2. The van der Waals surface area contributed by atoms with Gasteiger partial charge in [0.25, 0.3) is 0 Å². The van der Waals surface area contributed by atoms with Crippen molar-refractivity contribution in [3.8, 4) is 0 Å². The Morgan fingerprint density at radius 1 is 0.971 bits per heavy atom. The SMILES string of the molecule is CC(C)N1CCCc2ccc(C(=O)CCC(=O)N3CCC(c4ccc(Cl)cc4)CC3)cc2C1.Cl. The van der Waals surface area contributed by atoms with Crippen molar-refractivity contribution in [2.75, 3.05) is 19.6 Å². The fourth-order valence-corrected chi connectivity index (χ4v) is 5.25. The monoisotopic (exact) mass is 502 g/mol. The quantitative estimate of drug-likeness (QED) is 0.435. The number of halogens is 2. The number of nitrogens with zero attached hydrogens (tertiary/aromatic N) is 2. The molecule has 0 saturated carbocycles. The van der Waals surface area contributed by atoms with Crippen molar-refractivity contribution in [1.29, 1.82) is 0 Å². The molecule has 34 heavy (non-hydrogen) atoms. The molecule has 2 aliphatic heterocycles. The third kappa shape index (κ3) is 6.62. The highest BCUT2D eigenvalue weighted by Crippen LogP contribution is 2.29. The van der Waals surface area contributed by atoms with Crippen LogP contribution in [0.4, 0.5) is 0 Å². The molecule has 6 heteroatoms. The summed E-state index contributed by atoms with van der Waals surface area (Å²) in [5.41, 5.74) is 4.66. The number of hydrogen-bond acceptors (Lipinski definition) is 3. The maximum absolute atomic E-state index is 12.9. The number of piperidine rings is 1. The van der Waals surface area contributed by atoms with E-state index in [1.54, 1.807) is 0 Å². The molecule has 0 aromatic heterocycles. The van der Waals surface area contributed by atoms with Gasteiger partial charge in [0.05, 0.1) is 0 Å². The maximum atomic E-state index is 12.9. The summed E-state index contributed by atoms with van der Waals surface area (Å²) in [4.78, 5) is 30.1. The van der Waals surface area contributed by atoms with Crippen LogP contribution in [0.15, 0.2) is 42.5 Å². The topological polar surface area (TPSA) is 40.6 Å². The van der Waals surface area contributed by atoms with E-state index >= 15 is 0 Å². The number of hydrogen-bond donors (Lipinski definition) is 0. The predicted octanol–water partition coefficient (Wildman–Crippen LogP) is 6.29. The molecule has 2 heterocycles. The predicted molar refractivity (Wildman–Crippen MR) is 141 cm³/mol. The zero-order valence-electron chi connectivity index (χ0n) is 20.3. The molecular formula is C28H36Cl2N2O2. The molecule has 1 amide bonds. The molecule has 0 radical (unpaired) electrons. The van der Waals surface area contributed by atoms with Gasteiger partial charge in [-0.25, -0.2) is 0 Å². The molecule has 1 saturated heterocycles. The number of rotatable bonds is 6. The smallest absolute Gasteiger partial charge is 0.223 e. The van der Waals surface area contributed by atoms with Gasteiger partial charge in [0.2, 0.25) is 5.91 Å². The molecule has 0 unspecified atom stereocenters. The largest absolute Gasteiger partial charge is 0.343 e. The van der Waals surface area contributed by atoms with Gasteiger partial charge in [0, 0.05) is 49.1 Å². The molecule has 0 bridgehead atoms. The summed E-state index contributed by atoms with van der Waals surface area (Å²) in [5, 5.41) is 0.753. The minimum Gasteiger partial charge on any atom is -0.343 e. The Morgan fingerprint density at radius 3 is 2.35 bits per heavy atom. The van der Waals surface area contributed by atoms with Gasteiger partial charge in [-0.05, 0) is 86.9 Å². The second-order valence-corrected chi connectivity index (χ2v) is 10.2. The third-order valence-corrected chi connectivity index (χ3v) is 7.53. The molecule has 0 aliphatic carbocycles. The molecule has 0 spiro atoms. The van der Waals surface area contributed by atoms with Crippen molar-refractivity contribution < 1.29 is 9.59 Å². The lowest BCUT2D eigenvalue weighted by atomic mass is 9.89. The number of likely N-dealkylation sites (tertiary alicyclic amines) is 1. The fraction of sp³-hybridized carbons (Fsp3) is 0.500. The van der Waals surface area contributed by atoms with Crippen LogP contribution in [-0.2, 0) is 17.8 Å². The van der Waals surface area contributed by atoms with Crippen molar-refractivity contribution in [2.24, 2.45) is 0 Å². The molecule has 0 N–H and O–H groups in total. The first kappa shape index (κ1) is 26.7. The summed E-state index contributed by atoms with van der Waals surface area (Å²) in [5.74, 6) is 0.638. The van der Waals surface area contributed by atoms with Crippen LogP contribution >= 0.6 is 24.0 Å². The van der Waals surface area contributed by atoms with Crippen LogP contribution in [-0.4, -0.2) is 47.2 Å². The maximum Gasteiger partial charge on any atom is 0.223 e. The first-order chi connectivity index (χ1) is 15.9. The summed E-state index contributed by atoms with van der Waals surface area (Å²) in [7, 11) is 0. The molecule has 4 rings (SSSR count). The van der Waals surface area contributed by atoms with Crippen LogP contribution in [0.1, 0.15) is 78.9 Å². The summed E-state index contributed by atoms with van der Waals surface area (Å²) >= 11 is 6.00. The average molecular weight is 504 g/mol. The zero-order chi connectivity index (χ0) is 23.4. The van der Waals surface area contributed by atoms with E-state index < -0.39 is 0 Å². The van der Waals surface area contributed by atoms with Crippen LogP contribution in [0.5, 0.6) is 0 Å². The number of Topliss-reactive ketones (excluding diaryl/α,β-unsaturated/α-hetero) is 1. The van der Waals surface area contributed by atoms with E-state index in [4.69, 9.17) is 11.6 Å². The number of benzene rings is 2. The van der Waals surface area contributed by atoms with E-state index in [9.17, 15) is 9.59 Å². The van der Waals surface area contributed by atoms with Gasteiger partial charge >= 0.3 is 0 Å². The summed E-state index contributed by atoms with van der Waals surface area (Å²) in [6, 6.07) is 14.7. The van der Waals surface area contributed by atoms with Gasteiger partial charge in [-0.3, -0.25) is 14.5 Å². The number of amides is 1. The lowest BCUT2D eigenvalue weighted by Gasteiger charge is -2.32. The van der Waals surface area contributed by atoms with E-state index in [-0.39, 0.29) is 30.5 Å². The Labute approximate surface area is 215 Å². The van der Waals surface area contributed by atoms with E-state index in [2.05, 4.69) is 43.0 Å². The first-order valence-corrected chi connectivity index (χ1v) is 12.7. The number of fused-ring (bicyclic) bond motifs is 1. The van der Waals surface area contributed by atoms with Crippen molar-refractivity contribution in [3.63, 3.8) is 0 Å². The molecule has 0 atom stereocenters. The third-order valence-electron chi connectivity index (χ3n) is 7.28. The Kier molecular flexibility index (Phi) is 9.58. The second-order valence-electron chi connectivity index (χ2n) is 9.78. The summed E-state index contributed by atoms with van der Waals surface area (Å²) in [6.07, 6.45) is 4.71. The highest BCUT2D eigenvalue weighted by molar-refractivity contribution is 6.30. The highest BCUT2D eigenvalue weighted by atomic mass is 35.5.